The normalized spacial score (nSPS) is 20.9. The fourth-order valence-corrected chi connectivity index (χ4v) is 2.88. The van der Waals surface area contributed by atoms with Crippen molar-refractivity contribution >= 4 is 0 Å². The number of hydrogen-bond acceptors (Lipinski definition) is 1. The van der Waals surface area contributed by atoms with Crippen molar-refractivity contribution in [1.82, 2.24) is 5.32 Å². The van der Waals surface area contributed by atoms with Crippen molar-refractivity contribution in [3.63, 3.8) is 0 Å². The van der Waals surface area contributed by atoms with Gasteiger partial charge in [0.2, 0.25) is 0 Å². The van der Waals surface area contributed by atoms with Crippen LogP contribution in [0.3, 0.4) is 0 Å². The van der Waals surface area contributed by atoms with Gasteiger partial charge in [-0.05, 0) is 55.7 Å². The molecule has 2 aliphatic rings. The fraction of sp³-hybridized carbons (Fsp3) is 0.600. The topological polar surface area (TPSA) is 23.3 Å². The molecule has 1 aromatic carbocycles. The molecule has 0 amide bonds. The van der Waals surface area contributed by atoms with Gasteiger partial charge in [-0.15, -0.1) is 0 Å². The molecule has 91 valence electrons. The Morgan fingerprint density at radius 1 is 1.06 bits per heavy atom. The van der Waals surface area contributed by atoms with Crippen LogP contribution < -0.4 is 10.1 Å². The van der Waals surface area contributed by atoms with Gasteiger partial charge in [-0.1, -0.05) is 12.1 Å². The van der Waals surface area contributed by atoms with Crippen molar-refractivity contribution in [1.29, 1.82) is 0 Å². The number of rotatable bonds is 2. The average Bonchev–Trinajstić information content (AvgIpc) is 2.40. The third-order valence-electron chi connectivity index (χ3n) is 3.86. The molecule has 1 heterocycles. The number of fused-ring (bicyclic) bond motifs is 1. The fourth-order valence-electron chi connectivity index (χ4n) is 2.88. The van der Waals surface area contributed by atoms with Crippen LogP contribution >= 0.6 is 0 Å². The Bertz CT molecular complexity index is 383. The van der Waals surface area contributed by atoms with Crippen LogP contribution in [-0.4, -0.2) is 19.2 Å². The van der Waals surface area contributed by atoms with Gasteiger partial charge >= 0.3 is 0 Å². The highest BCUT2D eigenvalue weighted by Gasteiger charge is 2.19. The molecule has 2 heteroatoms. The summed E-state index contributed by atoms with van der Waals surface area (Å²) in [5.74, 6) is 1.15. The van der Waals surface area contributed by atoms with E-state index in [4.69, 9.17) is 4.74 Å². The molecule has 0 aromatic heterocycles. The van der Waals surface area contributed by atoms with Gasteiger partial charge < -0.3 is 4.74 Å². The summed E-state index contributed by atoms with van der Waals surface area (Å²) in [5, 5.41) is 4.38. The zero-order valence-electron chi connectivity index (χ0n) is 10.3. The van der Waals surface area contributed by atoms with Gasteiger partial charge in [0.05, 0.1) is 0 Å². The van der Waals surface area contributed by atoms with E-state index in [1.165, 1.54) is 36.8 Å². The second-order valence-corrected chi connectivity index (χ2v) is 5.09. The Morgan fingerprint density at radius 2 is 1.88 bits per heavy atom. The molecule has 0 atom stereocenters. The summed E-state index contributed by atoms with van der Waals surface area (Å²) in [6.45, 7) is 1.94. The van der Waals surface area contributed by atoms with Gasteiger partial charge in [0.25, 0.3) is 0 Å². The second kappa shape index (κ2) is 5.09. The first kappa shape index (κ1) is 11.1. The van der Waals surface area contributed by atoms with Crippen molar-refractivity contribution in [2.24, 2.45) is 0 Å². The zero-order valence-corrected chi connectivity index (χ0v) is 10.3. The quantitative estimate of drug-likeness (QED) is 0.766. The highest BCUT2D eigenvalue weighted by Crippen LogP contribution is 2.30. The van der Waals surface area contributed by atoms with E-state index in [1.54, 1.807) is 0 Å². The molecule has 17 heavy (non-hydrogen) atoms. The maximum atomic E-state index is 6.19. The third-order valence-corrected chi connectivity index (χ3v) is 3.86. The first-order valence-electron chi connectivity index (χ1n) is 6.84. The molecule has 0 spiro atoms. The summed E-state index contributed by atoms with van der Waals surface area (Å²) in [6, 6.07) is 6.56. The van der Waals surface area contributed by atoms with Crippen LogP contribution in [-0.2, 0) is 12.8 Å². The monoisotopic (exact) mass is 230 g/mol. The van der Waals surface area contributed by atoms with Crippen LogP contribution in [0.5, 0.6) is 5.75 Å². The molecule has 1 fully saturated rings. The van der Waals surface area contributed by atoms with Crippen LogP contribution in [0.25, 0.3) is 0 Å². The van der Waals surface area contributed by atoms with Gasteiger partial charge in [-0.2, -0.15) is 0 Å². The lowest BCUT2D eigenvalue weighted by atomic mass is 9.91. The summed E-state index contributed by atoms with van der Waals surface area (Å²) in [5.41, 5.74) is 2.98. The lowest BCUT2D eigenvalue weighted by Gasteiger charge is -2.26. The molecular formula is C15H20NO. The molecule has 0 saturated carbocycles. The minimum Gasteiger partial charge on any atom is -0.490 e. The van der Waals surface area contributed by atoms with Crippen LogP contribution in [0, 0.1) is 0 Å². The Morgan fingerprint density at radius 3 is 2.76 bits per heavy atom. The molecule has 0 bridgehead atoms. The van der Waals surface area contributed by atoms with Crippen LogP contribution in [0.1, 0.15) is 36.8 Å². The van der Waals surface area contributed by atoms with E-state index in [-0.39, 0.29) is 0 Å². The summed E-state index contributed by atoms with van der Waals surface area (Å²) in [4.78, 5) is 0. The maximum absolute atomic E-state index is 6.19. The molecule has 1 saturated heterocycles. The Labute approximate surface area is 103 Å². The molecule has 0 N–H and O–H groups in total. The molecule has 0 unspecified atom stereocenters. The number of ether oxygens (including phenoxy) is 1. The maximum Gasteiger partial charge on any atom is 0.123 e. The lowest BCUT2D eigenvalue weighted by molar-refractivity contribution is 0.159. The largest absolute Gasteiger partial charge is 0.490 e. The Kier molecular flexibility index (Phi) is 3.32. The first-order valence-corrected chi connectivity index (χ1v) is 6.84. The predicted octanol–water partition coefficient (Wildman–Crippen LogP) is 2.71. The predicted molar refractivity (Wildman–Crippen MR) is 68.6 cm³/mol. The smallest absolute Gasteiger partial charge is 0.123 e. The van der Waals surface area contributed by atoms with Gasteiger partial charge in [-0.3, -0.25) is 0 Å². The number of piperidine rings is 1. The molecule has 1 aromatic rings. The number of hydrogen-bond donors (Lipinski definition) is 0. The number of aryl methyl sites for hydroxylation is 1. The van der Waals surface area contributed by atoms with E-state index in [2.05, 4.69) is 23.5 Å². The SMILES string of the molecule is c1cc2c(c(OC3CC[N]CC3)c1)CCCC2. The standard InChI is InChI=1S/C15H20NO/c1-2-6-14-12(4-1)5-3-7-15(14)17-13-8-10-16-11-9-13/h3,5,7,13H,1-2,4,6,8-11H2. The Balaban J connectivity index is 1.77. The van der Waals surface area contributed by atoms with Crippen molar-refractivity contribution in [3.05, 3.63) is 29.3 Å². The summed E-state index contributed by atoms with van der Waals surface area (Å²) in [7, 11) is 0. The lowest BCUT2D eigenvalue weighted by Crippen LogP contribution is -2.30. The van der Waals surface area contributed by atoms with Crippen molar-refractivity contribution < 1.29 is 4.74 Å². The van der Waals surface area contributed by atoms with E-state index in [9.17, 15) is 0 Å². The third kappa shape index (κ3) is 2.47. The van der Waals surface area contributed by atoms with E-state index in [0.29, 0.717) is 6.10 Å². The molecule has 2 nitrogen and oxygen atoms in total. The van der Waals surface area contributed by atoms with Gasteiger partial charge in [-0.25, -0.2) is 5.32 Å². The molecule has 1 aliphatic carbocycles. The van der Waals surface area contributed by atoms with E-state index < -0.39 is 0 Å². The highest BCUT2D eigenvalue weighted by molar-refractivity contribution is 5.41. The average molecular weight is 230 g/mol. The van der Waals surface area contributed by atoms with E-state index >= 15 is 0 Å². The van der Waals surface area contributed by atoms with Crippen LogP contribution in [0.4, 0.5) is 0 Å². The van der Waals surface area contributed by atoms with E-state index in [0.717, 1.165) is 31.7 Å². The van der Waals surface area contributed by atoms with Gasteiger partial charge in [0.15, 0.2) is 0 Å². The van der Waals surface area contributed by atoms with Crippen LogP contribution in [0.2, 0.25) is 0 Å². The second-order valence-electron chi connectivity index (χ2n) is 5.09. The van der Waals surface area contributed by atoms with E-state index in [1.807, 2.05) is 0 Å². The molecule has 1 aliphatic heterocycles. The van der Waals surface area contributed by atoms with Crippen molar-refractivity contribution in [2.45, 2.75) is 44.6 Å². The van der Waals surface area contributed by atoms with Gasteiger partial charge in [0, 0.05) is 13.1 Å². The first-order chi connectivity index (χ1) is 8.43. The Hall–Kier alpha value is -1.02. The summed E-state index contributed by atoms with van der Waals surface area (Å²) < 4.78 is 6.19. The molecular weight excluding hydrogens is 210 g/mol. The zero-order chi connectivity index (χ0) is 11.5. The van der Waals surface area contributed by atoms with Crippen molar-refractivity contribution in [3.8, 4) is 5.75 Å². The minimum atomic E-state index is 0.390. The number of nitrogens with zero attached hydrogens (tertiary/aromatic N) is 1. The van der Waals surface area contributed by atoms with Crippen molar-refractivity contribution in [2.75, 3.05) is 13.1 Å². The number of benzene rings is 1. The molecule has 3 rings (SSSR count). The highest BCUT2D eigenvalue weighted by atomic mass is 16.5. The summed E-state index contributed by atoms with van der Waals surface area (Å²) in [6.07, 6.45) is 7.63. The molecule has 1 radical (unpaired) electrons. The van der Waals surface area contributed by atoms with Crippen LogP contribution in [0.15, 0.2) is 18.2 Å². The van der Waals surface area contributed by atoms with Gasteiger partial charge in [0.1, 0.15) is 11.9 Å². The minimum absolute atomic E-state index is 0.390. The summed E-state index contributed by atoms with van der Waals surface area (Å²) >= 11 is 0.